The van der Waals surface area contributed by atoms with Crippen LogP contribution in [0.5, 0.6) is 0 Å². The van der Waals surface area contributed by atoms with Crippen molar-refractivity contribution >= 4 is 11.4 Å². The second kappa shape index (κ2) is 5.91. The highest BCUT2D eigenvalue weighted by Gasteiger charge is 2.22. The number of nitrogens with zero attached hydrogens (tertiary/aromatic N) is 2. The Balaban J connectivity index is 3.53. The Kier molecular flexibility index (Phi) is 4.53. The number of nitro groups is 1. The lowest BCUT2D eigenvalue weighted by Gasteiger charge is -2.07. The average Bonchev–Trinajstić information content (AvgIpc) is 2.37. The van der Waals surface area contributed by atoms with Crippen molar-refractivity contribution in [2.24, 2.45) is 5.73 Å². The van der Waals surface area contributed by atoms with Crippen molar-refractivity contribution in [3.05, 3.63) is 45.0 Å². The molecule has 0 amide bonds. The molecule has 0 radical (unpaired) electrons. The molecular weight excluding hydrogens is 256 g/mol. The van der Waals surface area contributed by atoms with E-state index in [9.17, 15) is 18.9 Å². The van der Waals surface area contributed by atoms with Crippen LogP contribution in [0.25, 0.3) is 5.70 Å². The van der Waals surface area contributed by atoms with Gasteiger partial charge in [0, 0.05) is 0 Å². The van der Waals surface area contributed by atoms with Gasteiger partial charge in [-0.05, 0) is 12.5 Å². The number of nitriles is 1. The SMILES string of the molecule is CCC/C(C#N)=C(/N)c1cc(F)c(F)cc1[N+](=O)[O-]. The smallest absolute Gasteiger partial charge is 0.281 e. The third-order valence-electron chi connectivity index (χ3n) is 2.49. The quantitative estimate of drug-likeness (QED) is 0.515. The van der Waals surface area contributed by atoms with E-state index in [1.807, 2.05) is 6.07 Å². The summed E-state index contributed by atoms with van der Waals surface area (Å²) in [5.74, 6) is -2.59. The minimum Gasteiger partial charge on any atom is -0.397 e. The molecule has 0 aromatic heterocycles. The molecule has 1 aromatic rings. The molecule has 7 heteroatoms. The standard InChI is InChI=1S/C12H11F2N3O2/c1-2-3-7(6-15)12(16)8-4-9(13)10(14)5-11(8)17(18)19/h4-5H,2-3,16H2,1H3/b12-7-. The maximum Gasteiger partial charge on any atom is 0.281 e. The molecule has 1 aromatic carbocycles. The molecule has 19 heavy (non-hydrogen) atoms. The molecule has 0 spiro atoms. The Hall–Kier alpha value is -2.49. The maximum absolute atomic E-state index is 13.2. The number of rotatable bonds is 4. The fourth-order valence-corrected chi connectivity index (χ4v) is 1.57. The second-order valence-corrected chi connectivity index (χ2v) is 3.79. The van der Waals surface area contributed by atoms with E-state index < -0.39 is 22.2 Å². The van der Waals surface area contributed by atoms with Gasteiger partial charge in [-0.3, -0.25) is 10.1 Å². The first-order chi connectivity index (χ1) is 8.92. The first-order valence-corrected chi connectivity index (χ1v) is 5.44. The molecule has 0 unspecified atom stereocenters. The van der Waals surface area contributed by atoms with Gasteiger partial charge in [0.25, 0.3) is 5.69 Å². The molecule has 0 bridgehead atoms. The number of nitro benzene ring substituents is 1. The van der Waals surface area contributed by atoms with Crippen molar-refractivity contribution in [2.45, 2.75) is 19.8 Å². The highest BCUT2D eigenvalue weighted by atomic mass is 19.2. The van der Waals surface area contributed by atoms with Crippen molar-refractivity contribution in [2.75, 3.05) is 0 Å². The number of nitrogens with two attached hydrogens (primary N) is 1. The lowest BCUT2D eigenvalue weighted by Crippen LogP contribution is -2.06. The lowest BCUT2D eigenvalue weighted by molar-refractivity contribution is -0.385. The van der Waals surface area contributed by atoms with Crippen LogP contribution in [-0.2, 0) is 0 Å². The van der Waals surface area contributed by atoms with Gasteiger partial charge in [-0.25, -0.2) is 8.78 Å². The Morgan fingerprint density at radius 3 is 2.53 bits per heavy atom. The van der Waals surface area contributed by atoms with Crippen LogP contribution in [0, 0.1) is 33.1 Å². The summed E-state index contributed by atoms with van der Waals surface area (Å²) < 4.78 is 26.2. The van der Waals surface area contributed by atoms with Crippen molar-refractivity contribution in [3.8, 4) is 6.07 Å². The monoisotopic (exact) mass is 267 g/mol. The van der Waals surface area contributed by atoms with Gasteiger partial charge < -0.3 is 5.73 Å². The Morgan fingerprint density at radius 1 is 1.47 bits per heavy atom. The van der Waals surface area contributed by atoms with Crippen molar-refractivity contribution in [1.82, 2.24) is 0 Å². The molecule has 0 saturated carbocycles. The van der Waals surface area contributed by atoms with Crippen molar-refractivity contribution in [3.63, 3.8) is 0 Å². The summed E-state index contributed by atoms with van der Waals surface area (Å²) in [7, 11) is 0. The maximum atomic E-state index is 13.2. The van der Waals surface area contributed by atoms with Gasteiger partial charge in [-0.1, -0.05) is 13.3 Å². The fourth-order valence-electron chi connectivity index (χ4n) is 1.57. The predicted octanol–water partition coefficient (Wildman–Crippen LogP) is 2.87. The van der Waals surface area contributed by atoms with Gasteiger partial charge in [0.15, 0.2) is 11.6 Å². The van der Waals surface area contributed by atoms with Gasteiger partial charge in [-0.15, -0.1) is 0 Å². The summed E-state index contributed by atoms with van der Waals surface area (Å²) >= 11 is 0. The van der Waals surface area contributed by atoms with E-state index >= 15 is 0 Å². The fraction of sp³-hybridized carbons (Fsp3) is 0.250. The first kappa shape index (κ1) is 14.6. The summed E-state index contributed by atoms with van der Waals surface area (Å²) in [6.07, 6.45) is 0.902. The number of halogens is 2. The molecule has 0 saturated heterocycles. The van der Waals surface area contributed by atoms with E-state index in [2.05, 4.69) is 0 Å². The normalized spacial score (nSPS) is 11.7. The zero-order valence-corrected chi connectivity index (χ0v) is 10.1. The molecule has 0 heterocycles. The average molecular weight is 267 g/mol. The predicted molar refractivity (Wildman–Crippen MR) is 64.6 cm³/mol. The third-order valence-corrected chi connectivity index (χ3v) is 2.49. The van der Waals surface area contributed by atoms with E-state index in [0.29, 0.717) is 25.0 Å². The van der Waals surface area contributed by atoms with Crippen LogP contribution < -0.4 is 5.73 Å². The Bertz CT molecular complexity index is 591. The van der Waals surface area contributed by atoms with Crippen molar-refractivity contribution in [1.29, 1.82) is 5.26 Å². The molecule has 0 fully saturated rings. The lowest BCUT2D eigenvalue weighted by atomic mass is 10.0. The highest BCUT2D eigenvalue weighted by Crippen LogP contribution is 2.28. The van der Waals surface area contributed by atoms with Gasteiger partial charge >= 0.3 is 0 Å². The van der Waals surface area contributed by atoms with E-state index in [1.54, 1.807) is 6.92 Å². The number of hydrogen-bond donors (Lipinski definition) is 1. The van der Waals surface area contributed by atoms with E-state index in [4.69, 9.17) is 11.0 Å². The van der Waals surface area contributed by atoms with Crippen LogP contribution in [0.4, 0.5) is 14.5 Å². The van der Waals surface area contributed by atoms with Crippen molar-refractivity contribution < 1.29 is 13.7 Å². The minimum absolute atomic E-state index is 0.108. The van der Waals surface area contributed by atoms with Crippen LogP contribution in [0.2, 0.25) is 0 Å². The Labute approximate surface area is 108 Å². The van der Waals surface area contributed by atoms with Crippen LogP contribution >= 0.6 is 0 Å². The largest absolute Gasteiger partial charge is 0.397 e. The van der Waals surface area contributed by atoms with E-state index in [1.165, 1.54) is 0 Å². The summed E-state index contributed by atoms with van der Waals surface area (Å²) in [5, 5.41) is 19.7. The summed E-state index contributed by atoms with van der Waals surface area (Å²) in [4.78, 5) is 9.94. The van der Waals surface area contributed by atoms with Gasteiger partial charge in [0.1, 0.15) is 0 Å². The molecule has 100 valence electrons. The molecular formula is C12H11F2N3O2. The van der Waals surface area contributed by atoms with Crippen LogP contribution in [0.3, 0.4) is 0 Å². The molecule has 0 aliphatic rings. The molecule has 1 rings (SSSR count). The number of benzene rings is 1. The van der Waals surface area contributed by atoms with E-state index in [0.717, 1.165) is 0 Å². The topological polar surface area (TPSA) is 93.0 Å². The molecule has 5 nitrogen and oxygen atoms in total. The van der Waals surface area contributed by atoms with Gasteiger partial charge in [0.05, 0.1) is 33.9 Å². The Morgan fingerprint density at radius 2 is 2.05 bits per heavy atom. The van der Waals surface area contributed by atoms with Crippen LogP contribution in [0.1, 0.15) is 25.3 Å². The van der Waals surface area contributed by atoms with E-state index in [-0.39, 0.29) is 16.8 Å². The highest BCUT2D eigenvalue weighted by molar-refractivity contribution is 5.75. The van der Waals surface area contributed by atoms with Crippen LogP contribution in [-0.4, -0.2) is 4.92 Å². The van der Waals surface area contributed by atoms with Crippen LogP contribution in [0.15, 0.2) is 17.7 Å². The molecule has 0 atom stereocenters. The number of hydrogen-bond acceptors (Lipinski definition) is 4. The zero-order chi connectivity index (χ0) is 14.6. The summed E-state index contributed by atoms with van der Waals surface area (Å²) in [6.45, 7) is 1.80. The molecule has 0 aliphatic carbocycles. The summed E-state index contributed by atoms with van der Waals surface area (Å²) in [6, 6.07) is 2.91. The van der Waals surface area contributed by atoms with Gasteiger partial charge in [-0.2, -0.15) is 5.26 Å². The molecule has 2 N–H and O–H groups in total. The third kappa shape index (κ3) is 3.04. The first-order valence-electron chi connectivity index (χ1n) is 5.44. The second-order valence-electron chi connectivity index (χ2n) is 3.79. The zero-order valence-electron chi connectivity index (χ0n) is 10.1. The molecule has 0 aliphatic heterocycles. The summed E-state index contributed by atoms with van der Waals surface area (Å²) in [5.41, 5.74) is 4.62. The van der Waals surface area contributed by atoms with Gasteiger partial charge in [0.2, 0.25) is 0 Å². The number of allylic oxidation sites excluding steroid dienone is 1. The minimum atomic E-state index is -1.34.